The minimum Gasteiger partial charge on any atom is -0.341 e. The fourth-order valence-electron chi connectivity index (χ4n) is 2.84. The van der Waals surface area contributed by atoms with Crippen LogP contribution >= 0.6 is 0 Å². The maximum absolute atomic E-state index is 12.7. The number of amides is 1. The number of hydrogen-bond acceptors (Lipinski definition) is 4. The van der Waals surface area contributed by atoms with Gasteiger partial charge in [0.2, 0.25) is 5.91 Å². The summed E-state index contributed by atoms with van der Waals surface area (Å²) < 4.78 is 61.2. The Balaban J connectivity index is 1.94. The lowest BCUT2D eigenvalue weighted by Crippen LogP contribution is -2.42. The third-order valence-corrected chi connectivity index (χ3v) is 6.01. The van der Waals surface area contributed by atoms with Gasteiger partial charge in [-0.3, -0.25) is 9.69 Å². The SMILES string of the molecule is CN(CC(=O)N(C)C1CCS(=O)(=O)C1)Cc1cccc(C(F)(F)F)c1. The molecule has 2 rings (SSSR count). The standard InChI is InChI=1S/C16H21F3N2O3S/c1-20(9-12-4-3-5-13(8-12)16(17,18)19)10-15(22)21(2)14-6-7-25(23,24)11-14/h3-5,8,14H,6-7,9-11H2,1-2H3. The van der Waals surface area contributed by atoms with Crippen LogP contribution in [0.5, 0.6) is 0 Å². The molecular formula is C16H21F3N2O3S. The Labute approximate surface area is 145 Å². The van der Waals surface area contributed by atoms with Crippen LogP contribution in [-0.2, 0) is 27.4 Å². The van der Waals surface area contributed by atoms with Crippen LogP contribution in [0, 0.1) is 0 Å². The lowest BCUT2D eigenvalue weighted by molar-refractivity contribution is -0.137. The van der Waals surface area contributed by atoms with E-state index in [0.717, 1.165) is 12.1 Å². The van der Waals surface area contributed by atoms with Crippen LogP contribution in [0.3, 0.4) is 0 Å². The molecule has 1 aliphatic rings. The molecule has 1 unspecified atom stereocenters. The van der Waals surface area contributed by atoms with Gasteiger partial charge >= 0.3 is 6.18 Å². The quantitative estimate of drug-likeness (QED) is 0.784. The molecule has 0 bridgehead atoms. The molecule has 140 valence electrons. The Morgan fingerprint density at radius 2 is 1.96 bits per heavy atom. The fourth-order valence-corrected chi connectivity index (χ4v) is 4.61. The summed E-state index contributed by atoms with van der Waals surface area (Å²) in [6, 6.07) is 4.64. The van der Waals surface area contributed by atoms with E-state index in [1.54, 1.807) is 25.1 Å². The maximum atomic E-state index is 12.7. The Bertz CT molecular complexity index is 734. The van der Waals surface area contributed by atoms with Crippen LogP contribution in [0.15, 0.2) is 24.3 Å². The van der Waals surface area contributed by atoms with Gasteiger partial charge in [0, 0.05) is 19.6 Å². The predicted molar refractivity (Wildman–Crippen MR) is 87.6 cm³/mol. The Kier molecular flexibility index (Phi) is 5.78. The van der Waals surface area contributed by atoms with Gasteiger partial charge in [-0.15, -0.1) is 0 Å². The van der Waals surface area contributed by atoms with Gasteiger partial charge in [-0.05, 0) is 25.1 Å². The summed E-state index contributed by atoms with van der Waals surface area (Å²) in [6.45, 7) is 0.190. The van der Waals surface area contributed by atoms with E-state index < -0.39 is 21.6 Å². The van der Waals surface area contributed by atoms with Crippen molar-refractivity contribution in [1.82, 2.24) is 9.80 Å². The number of likely N-dealkylation sites (N-methyl/N-ethyl adjacent to an activating group) is 2. The molecule has 1 fully saturated rings. The number of nitrogens with zero attached hydrogens (tertiary/aromatic N) is 2. The molecule has 1 aliphatic heterocycles. The van der Waals surface area contributed by atoms with E-state index in [2.05, 4.69) is 0 Å². The summed E-state index contributed by atoms with van der Waals surface area (Å²) in [4.78, 5) is 15.3. The van der Waals surface area contributed by atoms with Gasteiger partial charge in [0.05, 0.1) is 23.6 Å². The highest BCUT2D eigenvalue weighted by Crippen LogP contribution is 2.29. The number of alkyl halides is 3. The van der Waals surface area contributed by atoms with Crippen molar-refractivity contribution in [1.29, 1.82) is 0 Å². The van der Waals surface area contributed by atoms with E-state index in [1.165, 1.54) is 11.0 Å². The first kappa shape index (κ1) is 19.7. The zero-order valence-corrected chi connectivity index (χ0v) is 14.9. The molecule has 1 saturated heterocycles. The summed E-state index contributed by atoms with van der Waals surface area (Å²) >= 11 is 0. The lowest BCUT2D eigenvalue weighted by atomic mass is 10.1. The minimum absolute atomic E-state index is 0.00327. The number of carbonyl (C=O) groups is 1. The highest BCUT2D eigenvalue weighted by atomic mass is 32.2. The summed E-state index contributed by atoms with van der Waals surface area (Å²) in [5.74, 6) is -0.210. The molecule has 1 aromatic rings. The smallest absolute Gasteiger partial charge is 0.341 e. The second-order valence-corrected chi connectivity index (χ2v) is 8.66. The second kappa shape index (κ2) is 7.33. The molecule has 1 heterocycles. The van der Waals surface area contributed by atoms with Gasteiger partial charge in [0.15, 0.2) is 9.84 Å². The van der Waals surface area contributed by atoms with Crippen molar-refractivity contribution in [2.24, 2.45) is 0 Å². The van der Waals surface area contributed by atoms with Crippen LogP contribution in [0.4, 0.5) is 13.2 Å². The van der Waals surface area contributed by atoms with Crippen LogP contribution < -0.4 is 0 Å². The largest absolute Gasteiger partial charge is 0.416 e. The number of halogens is 3. The molecule has 0 radical (unpaired) electrons. The Morgan fingerprint density at radius 3 is 2.52 bits per heavy atom. The lowest BCUT2D eigenvalue weighted by Gasteiger charge is -2.26. The summed E-state index contributed by atoms with van der Waals surface area (Å²) in [6.07, 6.45) is -3.99. The molecule has 0 spiro atoms. The van der Waals surface area contributed by atoms with E-state index in [9.17, 15) is 26.4 Å². The molecule has 0 N–H and O–H groups in total. The third kappa shape index (κ3) is 5.43. The number of hydrogen-bond donors (Lipinski definition) is 0. The summed E-state index contributed by atoms with van der Waals surface area (Å²) in [5, 5.41) is 0. The van der Waals surface area contributed by atoms with Crippen molar-refractivity contribution in [3.8, 4) is 0 Å². The second-order valence-electron chi connectivity index (χ2n) is 6.43. The summed E-state index contributed by atoms with van der Waals surface area (Å²) in [5.41, 5.74) is -0.269. The fraction of sp³-hybridized carbons (Fsp3) is 0.562. The van der Waals surface area contributed by atoms with Crippen LogP contribution in [0.25, 0.3) is 0 Å². The first-order chi connectivity index (χ1) is 11.5. The van der Waals surface area contributed by atoms with E-state index in [0.29, 0.717) is 12.0 Å². The average molecular weight is 378 g/mol. The number of carbonyl (C=O) groups excluding carboxylic acids is 1. The monoisotopic (exact) mass is 378 g/mol. The zero-order chi connectivity index (χ0) is 18.8. The third-order valence-electron chi connectivity index (χ3n) is 4.26. The highest BCUT2D eigenvalue weighted by molar-refractivity contribution is 7.91. The van der Waals surface area contributed by atoms with Gasteiger partial charge < -0.3 is 4.90 Å². The van der Waals surface area contributed by atoms with E-state index in [-0.39, 0.29) is 36.5 Å². The predicted octanol–water partition coefficient (Wildman–Crippen LogP) is 1.78. The number of sulfone groups is 1. The molecule has 1 aromatic carbocycles. The molecule has 1 atom stereocenters. The highest BCUT2D eigenvalue weighted by Gasteiger charge is 2.33. The molecule has 9 heteroatoms. The van der Waals surface area contributed by atoms with E-state index >= 15 is 0 Å². The Hall–Kier alpha value is -1.61. The average Bonchev–Trinajstić information content (AvgIpc) is 2.85. The van der Waals surface area contributed by atoms with Gasteiger partial charge in [-0.25, -0.2) is 8.42 Å². The van der Waals surface area contributed by atoms with Gasteiger partial charge in [-0.1, -0.05) is 18.2 Å². The maximum Gasteiger partial charge on any atom is 0.416 e. The number of rotatable bonds is 5. The molecular weight excluding hydrogens is 357 g/mol. The van der Waals surface area contributed by atoms with E-state index in [1.807, 2.05) is 0 Å². The van der Waals surface area contributed by atoms with Crippen LogP contribution in [-0.4, -0.2) is 62.3 Å². The van der Waals surface area contributed by atoms with Crippen molar-refractivity contribution in [2.75, 3.05) is 32.1 Å². The first-order valence-corrected chi connectivity index (χ1v) is 9.61. The molecule has 5 nitrogen and oxygen atoms in total. The van der Waals surface area contributed by atoms with Gasteiger partial charge in [-0.2, -0.15) is 13.2 Å². The van der Waals surface area contributed by atoms with Crippen LogP contribution in [0.2, 0.25) is 0 Å². The minimum atomic E-state index is -4.40. The van der Waals surface area contributed by atoms with E-state index in [4.69, 9.17) is 0 Å². The normalized spacial score (nSPS) is 20.0. The van der Waals surface area contributed by atoms with Crippen molar-refractivity contribution < 1.29 is 26.4 Å². The summed E-state index contributed by atoms with van der Waals surface area (Å²) in [7, 11) is 0.114. The van der Waals surface area contributed by atoms with Crippen molar-refractivity contribution >= 4 is 15.7 Å². The van der Waals surface area contributed by atoms with Gasteiger partial charge in [0.25, 0.3) is 0 Å². The molecule has 0 aromatic heterocycles. The molecule has 0 aliphatic carbocycles. The first-order valence-electron chi connectivity index (χ1n) is 7.79. The molecule has 0 saturated carbocycles. The Morgan fingerprint density at radius 1 is 1.28 bits per heavy atom. The zero-order valence-electron chi connectivity index (χ0n) is 14.1. The molecule has 25 heavy (non-hydrogen) atoms. The van der Waals surface area contributed by atoms with Crippen molar-refractivity contribution in [3.05, 3.63) is 35.4 Å². The van der Waals surface area contributed by atoms with Crippen LogP contribution in [0.1, 0.15) is 17.5 Å². The number of benzene rings is 1. The van der Waals surface area contributed by atoms with Gasteiger partial charge in [0.1, 0.15) is 0 Å². The van der Waals surface area contributed by atoms with Crippen molar-refractivity contribution in [2.45, 2.75) is 25.2 Å². The topological polar surface area (TPSA) is 57.7 Å². The van der Waals surface area contributed by atoms with Crippen molar-refractivity contribution in [3.63, 3.8) is 0 Å². The molecule has 1 amide bonds.